The Kier molecular flexibility index (Phi) is 3.94. The number of cyclic esters (lactones) is 1. The minimum absolute atomic E-state index is 0.0975. The normalized spacial score (nSPS) is 14.9. The van der Waals surface area contributed by atoms with Crippen molar-refractivity contribution in [2.24, 2.45) is 5.14 Å². The predicted octanol–water partition coefficient (Wildman–Crippen LogP) is 2.08. The van der Waals surface area contributed by atoms with E-state index >= 15 is 0 Å². The molecule has 5 nitrogen and oxygen atoms in total. The zero-order valence-electron chi connectivity index (χ0n) is 12.1. The molecule has 0 spiro atoms. The lowest BCUT2D eigenvalue weighted by Crippen LogP contribution is -2.14. The molecule has 2 N–H and O–H groups in total. The third kappa shape index (κ3) is 2.93. The summed E-state index contributed by atoms with van der Waals surface area (Å²) in [5.41, 5.74) is 1.26. The van der Waals surface area contributed by atoms with Gasteiger partial charge in [-0.25, -0.2) is 27.1 Å². The molecule has 0 saturated carbocycles. The molecule has 0 atom stereocenters. The number of hydrogen-bond donors (Lipinski definition) is 1. The van der Waals surface area contributed by atoms with E-state index in [0.29, 0.717) is 11.1 Å². The van der Waals surface area contributed by atoms with Crippen LogP contribution in [0.1, 0.15) is 11.1 Å². The Morgan fingerprint density at radius 1 is 1.00 bits per heavy atom. The van der Waals surface area contributed by atoms with E-state index in [0.717, 1.165) is 12.1 Å². The van der Waals surface area contributed by atoms with Crippen LogP contribution in [0.25, 0.3) is 11.1 Å². The van der Waals surface area contributed by atoms with E-state index in [1.165, 1.54) is 30.3 Å². The first kappa shape index (κ1) is 16.3. The van der Waals surface area contributed by atoms with Crippen molar-refractivity contribution < 1.29 is 26.7 Å². The maximum atomic E-state index is 14.0. The van der Waals surface area contributed by atoms with Crippen molar-refractivity contribution in [2.75, 3.05) is 6.61 Å². The minimum Gasteiger partial charge on any atom is -0.457 e. The van der Waals surface area contributed by atoms with Gasteiger partial charge >= 0.3 is 5.97 Å². The number of ether oxygens (including phenoxy) is 1. The number of nitrogens with two attached hydrogens (primary N) is 1. The van der Waals surface area contributed by atoms with E-state index in [9.17, 15) is 22.0 Å². The lowest BCUT2D eigenvalue weighted by atomic mass is 9.96. The number of primary sulfonamides is 1. The van der Waals surface area contributed by atoms with E-state index in [1.54, 1.807) is 0 Å². The Balaban J connectivity index is 2.14. The van der Waals surface area contributed by atoms with E-state index in [4.69, 9.17) is 9.88 Å². The minimum atomic E-state index is -4.19. The molecule has 2 aromatic rings. The molecule has 1 aliphatic rings. The number of sulfonamides is 1. The van der Waals surface area contributed by atoms with Gasteiger partial charge in [0.2, 0.25) is 10.0 Å². The second kappa shape index (κ2) is 5.81. The first-order chi connectivity index (χ1) is 11.3. The molecule has 124 valence electrons. The largest absolute Gasteiger partial charge is 0.457 e. The number of esters is 1. The van der Waals surface area contributed by atoms with E-state index < -0.39 is 32.5 Å². The van der Waals surface area contributed by atoms with Crippen molar-refractivity contribution in [3.05, 3.63) is 65.2 Å². The Morgan fingerprint density at radius 2 is 1.62 bits per heavy atom. The van der Waals surface area contributed by atoms with Crippen LogP contribution in [0, 0.1) is 11.6 Å². The van der Waals surface area contributed by atoms with Crippen LogP contribution in [0.2, 0.25) is 0 Å². The Bertz CT molecular complexity index is 966. The molecule has 0 fully saturated rings. The number of hydrogen-bond acceptors (Lipinski definition) is 4. The molecule has 0 unspecified atom stereocenters. The average molecular weight is 351 g/mol. The maximum absolute atomic E-state index is 14.0. The summed E-state index contributed by atoms with van der Waals surface area (Å²) >= 11 is 0. The first-order valence-corrected chi connectivity index (χ1v) is 8.31. The highest BCUT2D eigenvalue weighted by molar-refractivity contribution is 7.89. The number of benzene rings is 2. The first-order valence-electron chi connectivity index (χ1n) is 6.76. The summed E-state index contributed by atoms with van der Waals surface area (Å²) in [5.74, 6) is -2.11. The second-order valence-corrected chi connectivity index (χ2v) is 6.66. The van der Waals surface area contributed by atoms with Crippen molar-refractivity contribution in [3.8, 4) is 0 Å². The van der Waals surface area contributed by atoms with Crippen LogP contribution in [-0.2, 0) is 19.6 Å². The summed E-state index contributed by atoms with van der Waals surface area (Å²) < 4.78 is 54.6. The molecule has 0 radical (unpaired) electrons. The zero-order valence-corrected chi connectivity index (χ0v) is 12.9. The highest BCUT2D eigenvalue weighted by Gasteiger charge is 2.28. The number of rotatable bonds is 3. The van der Waals surface area contributed by atoms with Crippen LogP contribution in [0.15, 0.2) is 47.4 Å². The van der Waals surface area contributed by atoms with Crippen molar-refractivity contribution in [3.63, 3.8) is 0 Å². The molecule has 0 saturated heterocycles. The summed E-state index contributed by atoms with van der Waals surface area (Å²) in [6.07, 6.45) is 0. The van der Waals surface area contributed by atoms with Gasteiger partial charge in [0.1, 0.15) is 23.1 Å². The number of carbonyl (C=O) groups excluding carboxylic acids is 1. The zero-order chi connectivity index (χ0) is 17.5. The fourth-order valence-corrected chi connectivity index (χ4v) is 3.05. The summed E-state index contributed by atoms with van der Waals surface area (Å²) in [6, 6.07) is 8.54. The molecular formula is C16H11F2NO4S. The van der Waals surface area contributed by atoms with Crippen molar-refractivity contribution in [1.29, 1.82) is 0 Å². The Labute approximate surface area is 136 Å². The predicted molar refractivity (Wildman–Crippen MR) is 81.9 cm³/mol. The molecule has 0 amide bonds. The van der Waals surface area contributed by atoms with Gasteiger partial charge in [-0.15, -0.1) is 0 Å². The molecule has 0 bridgehead atoms. The number of halogens is 2. The van der Waals surface area contributed by atoms with Crippen LogP contribution in [-0.4, -0.2) is 21.0 Å². The van der Waals surface area contributed by atoms with Crippen molar-refractivity contribution in [1.82, 2.24) is 0 Å². The lowest BCUT2D eigenvalue weighted by molar-refractivity contribution is -0.133. The molecule has 2 aromatic carbocycles. The van der Waals surface area contributed by atoms with E-state index in [2.05, 4.69) is 0 Å². The Morgan fingerprint density at radius 3 is 2.21 bits per heavy atom. The van der Waals surface area contributed by atoms with Gasteiger partial charge in [0.25, 0.3) is 0 Å². The van der Waals surface area contributed by atoms with E-state index in [-0.39, 0.29) is 17.7 Å². The highest BCUT2D eigenvalue weighted by Crippen LogP contribution is 2.33. The summed E-state index contributed by atoms with van der Waals surface area (Å²) in [6.45, 7) is -0.0975. The summed E-state index contributed by atoms with van der Waals surface area (Å²) in [5, 5.41) is 4.92. The monoisotopic (exact) mass is 351 g/mol. The van der Waals surface area contributed by atoms with Crippen molar-refractivity contribution in [2.45, 2.75) is 4.90 Å². The van der Waals surface area contributed by atoms with Gasteiger partial charge < -0.3 is 4.74 Å². The van der Waals surface area contributed by atoms with Gasteiger partial charge in [0, 0.05) is 5.57 Å². The van der Waals surface area contributed by atoms with Gasteiger partial charge in [0.05, 0.1) is 5.57 Å². The summed E-state index contributed by atoms with van der Waals surface area (Å²) in [7, 11) is -4.19. The molecule has 3 rings (SSSR count). The molecule has 1 aliphatic heterocycles. The molecule has 0 aliphatic carbocycles. The molecule has 1 heterocycles. The smallest absolute Gasteiger partial charge is 0.339 e. The van der Waals surface area contributed by atoms with Crippen LogP contribution in [0.4, 0.5) is 8.78 Å². The molecule has 0 aromatic heterocycles. The highest BCUT2D eigenvalue weighted by atomic mass is 32.2. The standard InChI is InChI=1S/C16H11F2NO4S/c17-11-4-1-9(2-5-11)15-12(8-23-16(15)20)10-3-6-14(13(18)7-10)24(19,21)22/h1-7H,8H2,(H2,19,21,22). The third-order valence-corrected chi connectivity index (χ3v) is 4.52. The van der Waals surface area contributed by atoms with E-state index in [1.807, 2.05) is 0 Å². The van der Waals surface area contributed by atoms with Gasteiger partial charge in [-0.3, -0.25) is 0 Å². The topological polar surface area (TPSA) is 86.5 Å². The lowest BCUT2D eigenvalue weighted by Gasteiger charge is -2.07. The molecule has 8 heteroatoms. The Hall–Kier alpha value is -2.58. The fourth-order valence-electron chi connectivity index (χ4n) is 2.46. The van der Waals surface area contributed by atoms with Gasteiger partial charge in [-0.05, 0) is 35.4 Å². The van der Waals surface area contributed by atoms with Crippen LogP contribution in [0.5, 0.6) is 0 Å². The quantitative estimate of drug-likeness (QED) is 0.858. The molecule has 24 heavy (non-hydrogen) atoms. The van der Waals surface area contributed by atoms with Crippen molar-refractivity contribution >= 4 is 27.1 Å². The average Bonchev–Trinajstić information content (AvgIpc) is 2.88. The van der Waals surface area contributed by atoms with Crippen LogP contribution < -0.4 is 5.14 Å². The summed E-state index contributed by atoms with van der Waals surface area (Å²) in [4.78, 5) is 11.3. The van der Waals surface area contributed by atoms with Crippen LogP contribution in [0.3, 0.4) is 0 Å². The van der Waals surface area contributed by atoms with Gasteiger partial charge in [-0.2, -0.15) is 0 Å². The third-order valence-electron chi connectivity index (χ3n) is 3.57. The fraction of sp³-hybridized carbons (Fsp3) is 0.0625. The second-order valence-electron chi connectivity index (χ2n) is 5.13. The maximum Gasteiger partial charge on any atom is 0.339 e. The SMILES string of the molecule is NS(=O)(=O)c1ccc(C2=C(c3ccc(F)cc3)C(=O)OC2)cc1F. The van der Waals surface area contributed by atoms with Gasteiger partial charge in [-0.1, -0.05) is 18.2 Å². The molecular weight excluding hydrogens is 340 g/mol. The number of carbonyl (C=O) groups is 1. The van der Waals surface area contributed by atoms with Gasteiger partial charge in [0.15, 0.2) is 0 Å². The van der Waals surface area contributed by atoms with Crippen LogP contribution >= 0.6 is 0 Å².